The summed E-state index contributed by atoms with van der Waals surface area (Å²) in [6.45, 7) is 1.22. The summed E-state index contributed by atoms with van der Waals surface area (Å²) in [6.07, 6.45) is 7.95. The molecule has 1 saturated heterocycles. The molecule has 0 unspecified atom stereocenters. The van der Waals surface area contributed by atoms with Gasteiger partial charge in [0.15, 0.2) is 0 Å². The van der Waals surface area contributed by atoms with E-state index < -0.39 is 0 Å². The molecule has 0 aromatic carbocycles. The van der Waals surface area contributed by atoms with E-state index in [2.05, 4.69) is 35.3 Å². The summed E-state index contributed by atoms with van der Waals surface area (Å²) in [7, 11) is 2.22. The molecule has 0 amide bonds. The highest BCUT2D eigenvalue weighted by Crippen LogP contribution is 2.33. The van der Waals surface area contributed by atoms with Crippen LogP contribution >= 0.6 is 11.8 Å². The Hall–Kier alpha value is -0.540. The summed E-state index contributed by atoms with van der Waals surface area (Å²) >= 11 is 1.75. The zero-order valence-corrected chi connectivity index (χ0v) is 10.3. The molecule has 0 aliphatic carbocycles. The van der Waals surface area contributed by atoms with Crippen LogP contribution in [0.25, 0.3) is 0 Å². The van der Waals surface area contributed by atoms with Crippen LogP contribution in [0.2, 0.25) is 0 Å². The zero-order chi connectivity index (χ0) is 10.7. The molecule has 0 bridgehead atoms. The molecular weight excluding hydrogens is 204 g/mol. The van der Waals surface area contributed by atoms with Crippen LogP contribution in [0.5, 0.6) is 0 Å². The number of pyridine rings is 1. The summed E-state index contributed by atoms with van der Waals surface area (Å²) in [5.74, 6) is 0. The zero-order valence-electron chi connectivity index (χ0n) is 9.44. The van der Waals surface area contributed by atoms with Crippen molar-refractivity contribution in [3.05, 3.63) is 23.9 Å². The molecule has 1 fully saturated rings. The second-order valence-corrected chi connectivity index (χ2v) is 4.89. The predicted molar refractivity (Wildman–Crippen MR) is 65.2 cm³/mol. The monoisotopic (exact) mass is 222 g/mol. The number of nitrogens with zero attached hydrogens (tertiary/aromatic N) is 2. The maximum atomic E-state index is 4.44. The number of piperidine rings is 1. The maximum Gasteiger partial charge on any atom is 0.100 e. The smallest absolute Gasteiger partial charge is 0.100 e. The SMILES string of the molecule is CSc1ncccc1[C@@H]1CCCCN1C. The lowest BCUT2D eigenvalue weighted by Gasteiger charge is -2.33. The van der Waals surface area contributed by atoms with Gasteiger partial charge < -0.3 is 0 Å². The van der Waals surface area contributed by atoms with Gasteiger partial charge in [-0.15, -0.1) is 11.8 Å². The molecule has 1 aliphatic rings. The Balaban J connectivity index is 2.26. The van der Waals surface area contributed by atoms with Crippen molar-refractivity contribution in [3.63, 3.8) is 0 Å². The standard InChI is InChI=1S/C12H18N2S/c1-14-9-4-3-7-11(14)10-6-5-8-13-12(10)15-2/h5-6,8,11H,3-4,7,9H2,1-2H3/t11-/m0/s1. The minimum atomic E-state index is 0.579. The third kappa shape index (κ3) is 2.34. The fourth-order valence-corrected chi connectivity index (χ4v) is 2.90. The summed E-state index contributed by atoms with van der Waals surface area (Å²) in [6, 6.07) is 4.86. The van der Waals surface area contributed by atoms with E-state index >= 15 is 0 Å². The van der Waals surface area contributed by atoms with Crippen LogP contribution < -0.4 is 0 Å². The average molecular weight is 222 g/mol. The Morgan fingerprint density at radius 1 is 1.47 bits per heavy atom. The highest BCUT2D eigenvalue weighted by atomic mass is 32.2. The van der Waals surface area contributed by atoms with Crippen molar-refractivity contribution >= 4 is 11.8 Å². The normalized spacial score (nSPS) is 22.9. The van der Waals surface area contributed by atoms with Gasteiger partial charge in [0.05, 0.1) is 0 Å². The van der Waals surface area contributed by atoms with E-state index in [9.17, 15) is 0 Å². The van der Waals surface area contributed by atoms with Crippen LogP contribution in [0, 0.1) is 0 Å². The van der Waals surface area contributed by atoms with Crippen molar-refractivity contribution in [3.8, 4) is 0 Å². The lowest BCUT2D eigenvalue weighted by Crippen LogP contribution is -2.30. The van der Waals surface area contributed by atoms with Crippen molar-refractivity contribution in [2.75, 3.05) is 19.8 Å². The van der Waals surface area contributed by atoms with Gasteiger partial charge in [0.2, 0.25) is 0 Å². The van der Waals surface area contributed by atoms with Gasteiger partial charge in [0.1, 0.15) is 5.03 Å². The van der Waals surface area contributed by atoms with E-state index in [-0.39, 0.29) is 0 Å². The van der Waals surface area contributed by atoms with Gasteiger partial charge in [0.25, 0.3) is 0 Å². The van der Waals surface area contributed by atoms with Crippen LogP contribution in [0.15, 0.2) is 23.4 Å². The fourth-order valence-electron chi connectivity index (χ4n) is 2.30. The molecule has 1 aromatic rings. The third-order valence-corrected chi connectivity index (χ3v) is 3.85. The molecule has 0 spiro atoms. The Kier molecular flexibility index (Phi) is 3.65. The second kappa shape index (κ2) is 4.99. The van der Waals surface area contributed by atoms with Crippen LogP contribution in [0.3, 0.4) is 0 Å². The summed E-state index contributed by atoms with van der Waals surface area (Å²) in [5.41, 5.74) is 1.41. The highest BCUT2D eigenvalue weighted by molar-refractivity contribution is 7.98. The van der Waals surface area contributed by atoms with Gasteiger partial charge in [0, 0.05) is 17.8 Å². The van der Waals surface area contributed by atoms with Crippen LogP contribution in [-0.4, -0.2) is 29.7 Å². The van der Waals surface area contributed by atoms with Gasteiger partial charge in [-0.3, -0.25) is 4.90 Å². The topological polar surface area (TPSA) is 16.1 Å². The first-order chi connectivity index (χ1) is 7.33. The molecule has 82 valence electrons. The van der Waals surface area contributed by atoms with Crippen LogP contribution in [0.1, 0.15) is 30.9 Å². The Labute approximate surface area is 96.1 Å². The van der Waals surface area contributed by atoms with E-state index in [0.717, 1.165) is 0 Å². The summed E-state index contributed by atoms with van der Waals surface area (Å²) in [5, 5.41) is 1.19. The molecule has 15 heavy (non-hydrogen) atoms. The quantitative estimate of drug-likeness (QED) is 0.716. The minimum absolute atomic E-state index is 0.579. The minimum Gasteiger partial charge on any atom is -0.299 e. The van der Waals surface area contributed by atoms with E-state index in [1.165, 1.54) is 36.4 Å². The van der Waals surface area contributed by atoms with E-state index in [1.807, 2.05) is 6.20 Å². The molecule has 1 aromatic heterocycles. The Morgan fingerprint density at radius 3 is 3.07 bits per heavy atom. The first-order valence-electron chi connectivity index (χ1n) is 5.52. The van der Waals surface area contributed by atoms with E-state index in [4.69, 9.17) is 0 Å². The Morgan fingerprint density at radius 2 is 2.33 bits per heavy atom. The molecule has 0 radical (unpaired) electrons. The Bertz CT molecular complexity index is 327. The van der Waals surface area contributed by atoms with Crippen molar-refractivity contribution in [2.45, 2.75) is 30.3 Å². The lowest BCUT2D eigenvalue weighted by molar-refractivity contribution is 0.184. The van der Waals surface area contributed by atoms with Gasteiger partial charge in [-0.2, -0.15) is 0 Å². The van der Waals surface area contributed by atoms with E-state index in [1.54, 1.807) is 11.8 Å². The number of hydrogen-bond donors (Lipinski definition) is 0. The number of rotatable bonds is 2. The number of thioether (sulfide) groups is 1. The highest BCUT2D eigenvalue weighted by Gasteiger charge is 2.22. The third-order valence-electron chi connectivity index (χ3n) is 3.12. The van der Waals surface area contributed by atoms with Gasteiger partial charge >= 0.3 is 0 Å². The number of hydrogen-bond acceptors (Lipinski definition) is 3. The second-order valence-electron chi connectivity index (χ2n) is 4.09. The lowest BCUT2D eigenvalue weighted by atomic mass is 9.97. The van der Waals surface area contributed by atoms with E-state index in [0.29, 0.717) is 6.04 Å². The van der Waals surface area contributed by atoms with Gasteiger partial charge in [-0.1, -0.05) is 12.5 Å². The number of likely N-dealkylation sites (tertiary alicyclic amines) is 1. The molecular formula is C12H18N2S. The fraction of sp³-hybridized carbons (Fsp3) is 0.583. The van der Waals surface area contributed by atoms with Gasteiger partial charge in [-0.05, 0) is 38.8 Å². The van der Waals surface area contributed by atoms with Crippen molar-refractivity contribution < 1.29 is 0 Å². The predicted octanol–water partition coefficient (Wildman–Crippen LogP) is 2.96. The summed E-state index contributed by atoms with van der Waals surface area (Å²) in [4.78, 5) is 6.90. The molecule has 1 atom stereocenters. The first kappa shape index (κ1) is 11.0. The summed E-state index contributed by atoms with van der Waals surface area (Å²) < 4.78 is 0. The average Bonchev–Trinajstić information content (AvgIpc) is 2.30. The van der Waals surface area contributed by atoms with Crippen molar-refractivity contribution in [1.29, 1.82) is 0 Å². The van der Waals surface area contributed by atoms with Crippen LogP contribution in [0.4, 0.5) is 0 Å². The molecule has 1 aliphatic heterocycles. The molecule has 2 rings (SSSR count). The molecule has 0 saturated carbocycles. The van der Waals surface area contributed by atoms with Gasteiger partial charge in [-0.25, -0.2) is 4.98 Å². The van der Waals surface area contributed by atoms with Crippen LogP contribution in [-0.2, 0) is 0 Å². The maximum absolute atomic E-state index is 4.44. The molecule has 3 heteroatoms. The van der Waals surface area contributed by atoms with Crippen molar-refractivity contribution in [1.82, 2.24) is 9.88 Å². The first-order valence-corrected chi connectivity index (χ1v) is 6.74. The largest absolute Gasteiger partial charge is 0.299 e. The molecule has 2 nitrogen and oxygen atoms in total. The molecule has 2 heterocycles. The molecule has 0 N–H and O–H groups in total. The van der Waals surface area contributed by atoms with Crippen molar-refractivity contribution in [2.24, 2.45) is 0 Å². The number of aromatic nitrogens is 1.